The highest BCUT2D eigenvalue weighted by atomic mass is 32.2. The third kappa shape index (κ3) is 4.42. The van der Waals surface area contributed by atoms with Crippen molar-refractivity contribution >= 4 is 23.5 Å². The highest BCUT2D eigenvalue weighted by Gasteiger charge is 2.48. The second-order valence-corrected chi connectivity index (χ2v) is 10.1. The summed E-state index contributed by atoms with van der Waals surface area (Å²) in [4.78, 5) is 3.75. The molecule has 126 valence electrons. The average Bonchev–Trinajstić information content (AvgIpc) is 2.44. The lowest BCUT2D eigenvalue weighted by molar-refractivity contribution is 0.0674. The molecule has 2 unspecified atom stereocenters. The van der Waals surface area contributed by atoms with Crippen molar-refractivity contribution in [3.05, 3.63) is 29.3 Å². The standard InChI is InChI=1S/C18H23F2NS2/c1-12(2)22-7-6-14-8-15(16(19)21-9-14)18(20)11-17(4,5)23-10-13(18)3/h8-9,12-13H,10-11H2,1-5H3. The Bertz CT molecular complexity index is 634. The van der Waals surface area contributed by atoms with Crippen molar-refractivity contribution in [2.45, 2.75) is 56.7 Å². The molecule has 1 saturated heterocycles. The molecule has 0 bridgehead atoms. The van der Waals surface area contributed by atoms with Gasteiger partial charge < -0.3 is 0 Å². The second kappa shape index (κ2) is 7.03. The van der Waals surface area contributed by atoms with Crippen LogP contribution < -0.4 is 0 Å². The van der Waals surface area contributed by atoms with Crippen LogP contribution in [-0.4, -0.2) is 20.7 Å². The molecule has 1 nitrogen and oxygen atoms in total. The molecule has 0 amide bonds. The molecule has 0 spiro atoms. The van der Waals surface area contributed by atoms with E-state index in [2.05, 4.69) is 16.2 Å². The molecule has 23 heavy (non-hydrogen) atoms. The Hall–Kier alpha value is -0.730. The molecule has 0 aliphatic carbocycles. The lowest BCUT2D eigenvalue weighted by Crippen LogP contribution is -2.42. The van der Waals surface area contributed by atoms with Crippen LogP contribution in [0.4, 0.5) is 8.78 Å². The lowest BCUT2D eigenvalue weighted by Gasteiger charge is -2.43. The number of aromatic nitrogens is 1. The monoisotopic (exact) mass is 355 g/mol. The number of pyridine rings is 1. The predicted molar refractivity (Wildman–Crippen MR) is 96.9 cm³/mol. The van der Waals surface area contributed by atoms with E-state index in [1.54, 1.807) is 17.8 Å². The number of halogens is 2. The van der Waals surface area contributed by atoms with E-state index in [1.165, 1.54) is 18.0 Å². The zero-order valence-corrected chi connectivity index (χ0v) is 15.9. The zero-order valence-electron chi connectivity index (χ0n) is 14.2. The summed E-state index contributed by atoms with van der Waals surface area (Å²) in [5.74, 6) is 2.64. The Balaban J connectivity index is 2.38. The fourth-order valence-corrected chi connectivity index (χ4v) is 4.39. The summed E-state index contributed by atoms with van der Waals surface area (Å²) in [5.41, 5.74) is -1.08. The molecular formula is C18H23F2NS2. The summed E-state index contributed by atoms with van der Waals surface area (Å²) in [5, 5.41) is 3.36. The first-order chi connectivity index (χ1) is 10.6. The number of hydrogen-bond donors (Lipinski definition) is 0. The van der Waals surface area contributed by atoms with E-state index >= 15 is 4.39 Å². The normalized spacial score (nSPS) is 26.7. The van der Waals surface area contributed by atoms with Gasteiger partial charge in [-0.3, -0.25) is 0 Å². The molecule has 5 heteroatoms. The molecule has 0 radical (unpaired) electrons. The second-order valence-electron chi connectivity index (χ2n) is 6.97. The molecular weight excluding hydrogens is 332 g/mol. The maximum atomic E-state index is 15.7. The molecule has 2 atom stereocenters. The van der Waals surface area contributed by atoms with E-state index in [9.17, 15) is 4.39 Å². The Kier molecular flexibility index (Phi) is 5.68. The van der Waals surface area contributed by atoms with Gasteiger partial charge in [-0.25, -0.2) is 9.37 Å². The van der Waals surface area contributed by atoms with Crippen LogP contribution in [0.2, 0.25) is 0 Å². The average molecular weight is 356 g/mol. The Labute approximate surface area is 146 Å². The topological polar surface area (TPSA) is 12.9 Å². The Morgan fingerprint density at radius 2 is 2.13 bits per heavy atom. The first-order valence-electron chi connectivity index (χ1n) is 7.79. The molecule has 1 aromatic rings. The van der Waals surface area contributed by atoms with E-state index < -0.39 is 11.6 Å². The molecule has 1 fully saturated rings. The van der Waals surface area contributed by atoms with Crippen molar-refractivity contribution < 1.29 is 8.78 Å². The van der Waals surface area contributed by atoms with Gasteiger partial charge in [0, 0.05) is 39.7 Å². The fraction of sp³-hybridized carbons (Fsp3) is 0.611. The van der Waals surface area contributed by atoms with Crippen LogP contribution in [0.5, 0.6) is 0 Å². The maximum absolute atomic E-state index is 15.7. The largest absolute Gasteiger partial charge is 0.238 e. The van der Waals surface area contributed by atoms with Crippen LogP contribution in [0.15, 0.2) is 12.3 Å². The molecule has 2 rings (SSSR count). The summed E-state index contributed by atoms with van der Waals surface area (Å²) < 4.78 is 29.8. The molecule has 0 aromatic carbocycles. The number of rotatable bonds is 2. The third-order valence-corrected chi connectivity index (χ3v) is 6.25. The maximum Gasteiger partial charge on any atom is 0.219 e. The Morgan fingerprint density at radius 1 is 1.43 bits per heavy atom. The van der Waals surface area contributed by atoms with Gasteiger partial charge in [0.15, 0.2) is 0 Å². The van der Waals surface area contributed by atoms with Crippen LogP contribution in [0.3, 0.4) is 0 Å². The van der Waals surface area contributed by atoms with Gasteiger partial charge in [-0.2, -0.15) is 16.2 Å². The van der Waals surface area contributed by atoms with Crippen molar-refractivity contribution in [3.63, 3.8) is 0 Å². The van der Waals surface area contributed by atoms with Gasteiger partial charge in [0.1, 0.15) is 5.67 Å². The van der Waals surface area contributed by atoms with E-state index in [-0.39, 0.29) is 22.6 Å². The van der Waals surface area contributed by atoms with Crippen molar-refractivity contribution in [2.75, 3.05) is 5.75 Å². The molecule has 0 N–H and O–H groups in total. The number of nitrogens with zero attached hydrogens (tertiary/aromatic N) is 1. The number of thioether (sulfide) groups is 2. The van der Waals surface area contributed by atoms with Crippen LogP contribution in [-0.2, 0) is 5.67 Å². The highest BCUT2D eigenvalue weighted by Crippen LogP contribution is 2.51. The summed E-state index contributed by atoms with van der Waals surface area (Å²) in [6.07, 6.45) is 1.66. The van der Waals surface area contributed by atoms with Crippen molar-refractivity contribution in [3.8, 4) is 11.2 Å². The predicted octanol–water partition coefficient (Wildman–Crippen LogP) is 5.39. The molecule has 1 aromatic heterocycles. The van der Waals surface area contributed by atoms with Crippen LogP contribution >= 0.6 is 23.5 Å². The minimum absolute atomic E-state index is 0.0553. The zero-order chi connectivity index (χ0) is 17.3. The van der Waals surface area contributed by atoms with Crippen LogP contribution in [0.1, 0.15) is 52.2 Å². The smallest absolute Gasteiger partial charge is 0.219 e. The van der Waals surface area contributed by atoms with Gasteiger partial charge in [0.05, 0.1) is 0 Å². The fourth-order valence-electron chi connectivity index (χ4n) is 2.70. The Morgan fingerprint density at radius 3 is 2.78 bits per heavy atom. The first-order valence-corrected chi connectivity index (χ1v) is 9.66. The summed E-state index contributed by atoms with van der Waals surface area (Å²) in [6, 6.07) is 1.54. The van der Waals surface area contributed by atoms with Crippen LogP contribution in [0, 0.1) is 23.0 Å². The van der Waals surface area contributed by atoms with Gasteiger partial charge in [0.2, 0.25) is 5.95 Å². The molecule has 1 aliphatic rings. The SMILES string of the molecule is CC(C)SC#Cc1cnc(F)c(C2(F)CC(C)(C)SCC2C)c1. The van der Waals surface area contributed by atoms with Gasteiger partial charge in [-0.1, -0.05) is 52.3 Å². The van der Waals surface area contributed by atoms with Crippen molar-refractivity contribution in [2.24, 2.45) is 5.92 Å². The summed E-state index contributed by atoms with van der Waals surface area (Å²) >= 11 is 3.23. The first kappa shape index (κ1) is 18.6. The summed E-state index contributed by atoms with van der Waals surface area (Å²) in [7, 11) is 0. The molecule has 2 heterocycles. The van der Waals surface area contributed by atoms with Gasteiger partial charge in [-0.15, -0.1) is 0 Å². The number of hydrogen-bond acceptors (Lipinski definition) is 3. The quantitative estimate of drug-likeness (QED) is 0.522. The van der Waals surface area contributed by atoms with Gasteiger partial charge in [0.25, 0.3) is 0 Å². The number of alkyl halides is 1. The van der Waals surface area contributed by atoms with Gasteiger partial charge in [-0.05, 0) is 17.1 Å². The van der Waals surface area contributed by atoms with E-state index in [4.69, 9.17) is 0 Å². The van der Waals surface area contributed by atoms with E-state index in [1.807, 2.05) is 34.6 Å². The highest BCUT2D eigenvalue weighted by molar-refractivity contribution is 8.04. The van der Waals surface area contributed by atoms with Crippen LogP contribution in [0.25, 0.3) is 0 Å². The minimum atomic E-state index is -1.70. The minimum Gasteiger partial charge on any atom is -0.238 e. The van der Waals surface area contributed by atoms with Gasteiger partial charge >= 0.3 is 0 Å². The molecule has 0 saturated carbocycles. The van der Waals surface area contributed by atoms with Crippen molar-refractivity contribution in [1.29, 1.82) is 0 Å². The van der Waals surface area contributed by atoms with E-state index in [0.717, 1.165) is 0 Å². The van der Waals surface area contributed by atoms with E-state index in [0.29, 0.717) is 16.6 Å². The summed E-state index contributed by atoms with van der Waals surface area (Å²) in [6.45, 7) is 9.95. The lowest BCUT2D eigenvalue weighted by atomic mass is 9.78. The van der Waals surface area contributed by atoms with Crippen molar-refractivity contribution in [1.82, 2.24) is 4.98 Å². The third-order valence-electron chi connectivity index (χ3n) is 3.97. The molecule has 1 aliphatic heterocycles.